The molecule has 3 N–H and O–H groups in total. The summed E-state index contributed by atoms with van der Waals surface area (Å²) in [5, 5.41) is 23.1. The van der Waals surface area contributed by atoms with Crippen LogP contribution in [0.1, 0.15) is 11.1 Å². The van der Waals surface area contributed by atoms with Crippen LogP contribution in [0.4, 0.5) is 0 Å². The summed E-state index contributed by atoms with van der Waals surface area (Å²) >= 11 is 3.30. The summed E-state index contributed by atoms with van der Waals surface area (Å²) in [5.74, 6) is -0.00755. The summed E-state index contributed by atoms with van der Waals surface area (Å²) < 4.78 is 5.74. The normalized spacial score (nSPS) is 10.7. The second kappa shape index (κ2) is 7.64. The third kappa shape index (κ3) is 4.72. The van der Waals surface area contributed by atoms with Crippen molar-refractivity contribution in [3.8, 4) is 17.2 Å². The van der Waals surface area contributed by atoms with Crippen molar-refractivity contribution < 1.29 is 19.7 Å². The van der Waals surface area contributed by atoms with Crippen molar-refractivity contribution in [3.63, 3.8) is 0 Å². The number of phenols is 2. The van der Waals surface area contributed by atoms with Gasteiger partial charge in [0.2, 0.25) is 5.91 Å². The maximum absolute atomic E-state index is 11.8. The molecule has 0 unspecified atom stereocenters. The van der Waals surface area contributed by atoms with Gasteiger partial charge < -0.3 is 14.9 Å². The summed E-state index contributed by atoms with van der Waals surface area (Å²) in [6.45, 7) is 0. The van der Waals surface area contributed by atoms with Gasteiger partial charge in [-0.3, -0.25) is 4.79 Å². The molecule has 0 radical (unpaired) electrons. The van der Waals surface area contributed by atoms with Crippen LogP contribution in [-0.4, -0.2) is 29.4 Å². The van der Waals surface area contributed by atoms with Crippen LogP contribution < -0.4 is 10.2 Å². The molecular formula is C16H15BrN2O4. The highest BCUT2D eigenvalue weighted by Crippen LogP contribution is 2.32. The van der Waals surface area contributed by atoms with E-state index in [0.29, 0.717) is 21.3 Å². The number of ether oxygens (including phenoxy) is 1. The summed E-state index contributed by atoms with van der Waals surface area (Å²) in [7, 11) is 1.44. The predicted molar refractivity (Wildman–Crippen MR) is 89.9 cm³/mol. The zero-order valence-electron chi connectivity index (χ0n) is 12.3. The Morgan fingerprint density at radius 3 is 2.83 bits per heavy atom. The first-order valence-electron chi connectivity index (χ1n) is 6.66. The second-order valence-electron chi connectivity index (χ2n) is 4.69. The number of methoxy groups -OCH3 is 1. The van der Waals surface area contributed by atoms with Gasteiger partial charge in [0.15, 0.2) is 11.5 Å². The Hall–Kier alpha value is -2.54. The van der Waals surface area contributed by atoms with E-state index < -0.39 is 0 Å². The molecule has 2 rings (SSSR count). The number of aromatic hydroxyl groups is 2. The number of nitrogens with zero attached hydrogens (tertiary/aromatic N) is 1. The predicted octanol–water partition coefficient (Wildman–Crippen LogP) is 2.56. The Kier molecular flexibility index (Phi) is 5.59. The van der Waals surface area contributed by atoms with Crippen LogP contribution in [0.5, 0.6) is 17.2 Å². The minimum atomic E-state index is -0.340. The van der Waals surface area contributed by atoms with Crippen LogP contribution in [0.3, 0.4) is 0 Å². The van der Waals surface area contributed by atoms with Crippen molar-refractivity contribution in [1.29, 1.82) is 0 Å². The van der Waals surface area contributed by atoms with E-state index in [1.807, 2.05) is 0 Å². The van der Waals surface area contributed by atoms with Gasteiger partial charge in [0.25, 0.3) is 0 Å². The molecule has 1 amide bonds. The molecular weight excluding hydrogens is 364 g/mol. The molecule has 0 heterocycles. The number of benzene rings is 2. The zero-order chi connectivity index (χ0) is 16.8. The maximum atomic E-state index is 11.8. The van der Waals surface area contributed by atoms with Crippen LogP contribution in [-0.2, 0) is 11.2 Å². The molecule has 2 aromatic carbocycles. The molecule has 0 saturated heterocycles. The van der Waals surface area contributed by atoms with E-state index in [4.69, 9.17) is 4.74 Å². The Labute approximate surface area is 141 Å². The van der Waals surface area contributed by atoms with Crippen molar-refractivity contribution in [2.45, 2.75) is 6.42 Å². The van der Waals surface area contributed by atoms with Crippen molar-refractivity contribution in [3.05, 3.63) is 52.0 Å². The van der Waals surface area contributed by atoms with E-state index in [2.05, 4.69) is 26.5 Å². The molecule has 2 aromatic rings. The lowest BCUT2D eigenvalue weighted by Gasteiger charge is -2.06. The average molecular weight is 379 g/mol. The molecule has 23 heavy (non-hydrogen) atoms. The summed E-state index contributed by atoms with van der Waals surface area (Å²) in [6, 6.07) is 9.69. The van der Waals surface area contributed by atoms with E-state index in [1.165, 1.54) is 25.5 Å². The van der Waals surface area contributed by atoms with Gasteiger partial charge in [-0.25, -0.2) is 5.43 Å². The molecule has 0 aliphatic carbocycles. The molecule has 0 bridgehead atoms. The van der Waals surface area contributed by atoms with E-state index in [0.717, 1.165) is 0 Å². The van der Waals surface area contributed by atoms with E-state index in [9.17, 15) is 15.0 Å². The van der Waals surface area contributed by atoms with Gasteiger partial charge in [0.05, 0.1) is 19.7 Å². The standard InChI is InChI=1S/C16H15BrN2O4/c1-23-14-8-12(17)7-11(16(14)22)9-18-19-15(21)6-10-3-2-4-13(20)5-10/h2-5,7-9,20,22H,6H2,1H3,(H,19,21)/b18-9+. The van der Waals surface area contributed by atoms with Crippen molar-refractivity contribution in [2.24, 2.45) is 5.10 Å². The number of rotatable bonds is 5. The highest BCUT2D eigenvalue weighted by molar-refractivity contribution is 9.10. The van der Waals surface area contributed by atoms with Crippen LogP contribution in [0.25, 0.3) is 0 Å². The number of hydrogen-bond acceptors (Lipinski definition) is 5. The van der Waals surface area contributed by atoms with Gasteiger partial charge >= 0.3 is 0 Å². The molecule has 6 nitrogen and oxygen atoms in total. The Balaban J connectivity index is 2.01. The van der Waals surface area contributed by atoms with Crippen molar-refractivity contribution in [2.75, 3.05) is 7.11 Å². The Morgan fingerprint density at radius 2 is 2.13 bits per heavy atom. The van der Waals surface area contributed by atoms with Crippen LogP contribution in [0.15, 0.2) is 46.0 Å². The van der Waals surface area contributed by atoms with Crippen LogP contribution in [0, 0.1) is 0 Å². The van der Waals surface area contributed by atoms with Crippen LogP contribution >= 0.6 is 15.9 Å². The number of hydrazone groups is 1. The second-order valence-corrected chi connectivity index (χ2v) is 5.60. The quantitative estimate of drug-likeness (QED) is 0.550. The number of amides is 1. The summed E-state index contributed by atoms with van der Waals surface area (Å²) in [5.41, 5.74) is 3.43. The van der Waals surface area contributed by atoms with E-state index in [1.54, 1.807) is 24.3 Å². The highest BCUT2D eigenvalue weighted by Gasteiger charge is 2.08. The minimum absolute atomic E-state index is 0.0679. The third-order valence-electron chi connectivity index (χ3n) is 2.96. The first kappa shape index (κ1) is 16.8. The zero-order valence-corrected chi connectivity index (χ0v) is 13.9. The van der Waals surface area contributed by atoms with E-state index in [-0.39, 0.29) is 23.8 Å². The molecule has 0 fully saturated rings. The first-order valence-corrected chi connectivity index (χ1v) is 7.45. The summed E-state index contributed by atoms with van der Waals surface area (Å²) in [4.78, 5) is 11.8. The molecule has 0 spiro atoms. The minimum Gasteiger partial charge on any atom is -0.508 e. The Bertz CT molecular complexity index is 747. The molecule has 0 aliphatic heterocycles. The molecule has 0 saturated carbocycles. The number of carbonyl (C=O) groups is 1. The average Bonchev–Trinajstić information content (AvgIpc) is 2.50. The highest BCUT2D eigenvalue weighted by atomic mass is 79.9. The number of hydrogen-bond donors (Lipinski definition) is 3. The first-order chi connectivity index (χ1) is 11.0. The molecule has 0 aromatic heterocycles. The largest absolute Gasteiger partial charge is 0.508 e. The maximum Gasteiger partial charge on any atom is 0.244 e. The van der Waals surface area contributed by atoms with Gasteiger partial charge in [-0.1, -0.05) is 28.1 Å². The molecule has 7 heteroatoms. The number of halogens is 1. The fourth-order valence-electron chi connectivity index (χ4n) is 1.91. The smallest absolute Gasteiger partial charge is 0.244 e. The van der Waals surface area contributed by atoms with Gasteiger partial charge in [0, 0.05) is 10.0 Å². The molecule has 0 atom stereocenters. The summed E-state index contributed by atoms with van der Waals surface area (Å²) in [6.07, 6.45) is 1.41. The lowest BCUT2D eigenvalue weighted by Crippen LogP contribution is -2.19. The van der Waals surface area contributed by atoms with Gasteiger partial charge in [-0.2, -0.15) is 5.10 Å². The fraction of sp³-hybridized carbons (Fsp3) is 0.125. The monoisotopic (exact) mass is 378 g/mol. The van der Waals surface area contributed by atoms with Gasteiger partial charge in [-0.15, -0.1) is 0 Å². The van der Waals surface area contributed by atoms with Gasteiger partial charge in [0.1, 0.15) is 5.75 Å². The van der Waals surface area contributed by atoms with Gasteiger partial charge in [-0.05, 0) is 29.8 Å². The lowest BCUT2D eigenvalue weighted by atomic mass is 10.1. The fourth-order valence-corrected chi connectivity index (χ4v) is 2.37. The number of carbonyl (C=O) groups excluding carboxylic acids is 1. The third-order valence-corrected chi connectivity index (χ3v) is 3.42. The SMILES string of the molecule is COc1cc(Br)cc(/C=N/NC(=O)Cc2cccc(O)c2)c1O. The Morgan fingerprint density at radius 1 is 1.35 bits per heavy atom. The van der Waals surface area contributed by atoms with Crippen molar-refractivity contribution in [1.82, 2.24) is 5.43 Å². The number of nitrogens with one attached hydrogen (secondary N) is 1. The molecule has 120 valence electrons. The molecule has 0 aliphatic rings. The topological polar surface area (TPSA) is 91.2 Å². The lowest BCUT2D eigenvalue weighted by molar-refractivity contribution is -0.120. The van der Waals surface area contributed by atoms with Crippen molar-refractivity contribution >= 4 is 28.1 Å². The van der Waals surface area contributed by atoms with Crippen LogP contribution in [0.2, 0.25) is 0 Å². The van der Waals surface area contributed by atoms with E-state index >= 15 is 0 Å². The number of phenolic OH excluding ortho intramolecular Hbond substituents is 2.